The van der Waals surface area contributed by atoms with E-state index >= 15 is 0 Å². The molecule has 3 aromatic rings. The third-order valence-corrected chi connectivity index (χ3v) is 4.97. The van der Waals surface area contributed by atoms with E-state index in [4.69, 9.17) is 4.98 Å². The number of nitrogens with zero attached hydrogens (tertiary/aromatic N) is 2. The number of carbonyl (C=O) groups excluding carboxylic acids is 1. The molecule has 0 aliphatic heterocycles. The molecule has 30 heavy (non-hydrogen) atoms. The lowest BCUT2D eigenvalue weighted by Gasteiger charge is -2.12. The maximum atomic E-state index is 12.4. The van der Waals surface area contributed by atoms with Crippen LogP contribution in [0.5, 0.6) is 5.75 Å². The van der Waals surface area contributed by atoms with Crippen LogP contribution in [0.15, 0.2) is 60.8 Å². The average Bonchev–Trinajstić information content (AvgIpc) is 2.76. The fourth-order valence-electron chi connectivity index (χ4n) is 3.29. The predicted molar refractivity (Wildman–Crippen MR) is 118 cm³/mol. The number of rotatable bonds is 10. The Bertz CT molecular complexity index is 940. The van der Waals surface area contributed by atoms with Crippen LogP contribution in [-0.2, 0) is 11.2 Å². The first-order valence-corrected chi connectivity index (χ1v) is 10.6. The lowest BCUT2D eigenvalue weighted by Crippen LogP contribution is -2.15. The van der Waals surface area contributed by atoms with E-state index in [1.807, 2.05) is 30.3 Å². The van der Waals surface area contributed by atoms with Crippen LogP contribution < -0.4 is 10.4 Å². The highest BCUT2D eigenvalue weighted by Gasteiger charge is 2.13. The third-order valence-electron chi connectivity index (χ3n) is 4.97. The number of hydrogen-bond acceptors (Lipinski definition) is 4. The van der Waals surface area contributed by atoms with Gasteiger partial charge in [0.2, 0.25) is 5.91 Å². The number of carbonyl (C=O) groups is 1. The van der Waals surface area contributed by atoms with Gasteiger partial charge in [0.05, 0.1) is 17.6 Å². The molecule has 1 amide bonds. The molecule has 0 aliphatic carbocycles. The molecule has 0 radical (unpaired) electrons. The first kappa shape index (κ1) is 21.5. The molecule has 0 unspecified atom stereocenters. The Hall–Kier alpha value is -3.21. The first-order valence-electron chi connectivity index (χ1n) is 10.6. The van der Waals surface area contributed by atoms with E-state index in [1.54, 1.807) is 18.3 Å². The minimum atomic E-state index is -0.0426. The van der Waals surface area contributed by atoms with Crippen molar-refractivity contribution in [2.45, 2.75) is 51.9 Å². The predicted octanol–water partition coefficient (Wildman–Crippen LogP) is 5.11. The fourth-order valence-corrected chi connectivity index (χ4v) is 3.29. The van der Waals surface area contributed by atoms with Gasteiger partial charge in [0.15, 0.2) is 5.82 Å². The van der Waals surface area contributed by atoms with Crippen molar-refractivity contribution < 1.29 is 9.90 Å². The normalized spacial score (nSPS) is 10.7. The summed E-state index contributed by atoms with van der Waals surface area (Å²) in [6.07, 6.45) is 8.21. The van der Waals surface area contributed by atoms with Crippen molar-refractivity contribution in [2.24, 2.45) is 0 Å². The van der Waals surface area contributed by atoms with Crippen LogP contribution >= 0.6 is 0 Å². The van der Waals surface area contributed by atoms with Crippen LogP contribution in [0.1, 0.15) is 56.7 Å². The molecule has 1 heterocycles. The van der Waals surface area contributed by atoms with E-state index in [9.17, 15) is 9.90 Å². The number of amides is 1. The maximum absolute atomic E-state index is 12.4. The molecule has 1 N–H and O–H groups in total. The third kappa shape index (κ3) is 6.41. The van der Waals surface area contributed by atoms with E-state index in [2.05, 4.69) is 17.2 Å². The van der Waals surface area contributed by atoms with Gasteiger partial charge < -0.3 is 10.4 Å². The number of anilines is 1. The van der Waals surface area contributed by atoms with Gasteiger partial charge in [-0.25, -0.2) is 9.97 Å². The molecule has 0 spiro atoms. The Morgan fingerprint density at radius 3 is 2.43 bits per heavy atom. The highest BCUT2D eigenvalue weighted by molar-refractivity contribution is 5.90. The lowest BCUT2D eigenvalue weighted by molar-refractivity contribution is -0.268. The standard InChI is InChI=1S/C25H29N3O2/c1-2-3-4-5-9-12-24(30)28-25-22(17-19-10-7-6-8-11-19)27-23(18-26-25)20-13-15-21(29)16-14-20/h6-8,10-11,13-16,18,29H,2-5,9,12,17H2,1H3,(H,26,28,30)/p-1. The Labute approximate surface area is 178 Å². The molecule has 2 aromatic carbocycles. The summed E-state index contributed by atoms with van der Waals surface area (Å²) in [6, 6.07) is 16.5. The van der Waals surface area contributed by atoms with Gasteiger partial charge in [-0.3, -0.25) is 4.79 Å². The molecule has 0 fully saturated rings. The topological polar surface area (TPSA) is 77.9 Å². The summed E-state index contributed by atoms with van der Waals surface area (Å²) in [5.41, 5.74) is 3.31. The summed E-state index contributed by atoms with van der Waals surface area (Å²) >= 11 is 0. The highest BCUT2D eigenvalue weighted by Crippen LogP contribution is 2.23. The van der Waals surface area contributed by atoms with Gasteiger partial charge >= 0.3 is 0 Å². The van der Waals surface area contributed by atoms with E-state index in [0.717, 1.165) is 24.0 Å². The van der Waals surface area contributed by atoms with Gasteiger partial charge in [0.25, 0.3) is 0 Å². The molecule has 156 valence electrons. The molecule has 5 heteroatoms. The molecule has 5 nitrogen and oxygen atoms in total. The summed E-state index contributed by atoms with van der Waals surface area (Å²) in [5.74, 6) is 0.430. The quantitative estimate of drug-likeness (QED) is 0.478. The van der Waals surface area contributed by atoms with Crippen LogP contribution in [0, 0.1) is 0 Å². The number of aromatic nitrogens is 2. The Morgan fingerprint density at radius 2 is 1.70 bits per heavy atom. The minimum Gasteiger partial charge on any atom is -0.872 e. The summed E-state index contributed by atoms with van der Waals surface area (Å²) in [7, 11) is 0. The molecule has 0 atom stereocenters. The number of nitrogens with one attached hydrogen (secondary N) is 1. The highest BCUT2D eigenvalue weighted by atomic mass is 16.3. The van der Waals surface area contributed by atoms with Crippen LogP contribution in [0.25, 0.3) is 11.3 Å². The number of benzene rings is 2. The molecule has 3 rings (SSSR count). The monoisotopic (exact) mass is 402 g/mol. The lowest BCUT2D eigenvalue weighted by atomic mass is 10.1. The van der Waals surface area contributed by atoms with Crippen LogP contribution in [0.4, 0.5) is 5.82 Å². The first-order chi connectivity index (χ1) is 14.7. The molecular weight excluding hydrogens is 374 g/mol. The second-order valence-electron chi connectivity index (χ2n) is 7.45. The molecule has 0 saturated carbocycles. The Morgan fingerprint density at radius 1 is 0.967 bits per heavy atom. The van der Waals surface area contributed by atoms with Crippen molar-refractivity contribution >= 4 is 11.7 Å². The van der Waals surface area contributed by atoms with E-state index in [1.165, 1.54) is 31.4 Å². The van der Waals surface area contributed by atoms with Gasteiger partial charge in [-0.15, -0.1) is 5.75 Å². The van der Waals surface area contributed by atoms with Crippen LogP contribution in [0.2, 0.25) is 0 Å². The summed E-state index contributed by atoms with van der Waals surface area (Å²) in [6.45, 7) is 2.18. The van der Waals surface area contributed by atoms with Crippen molar-refractivity contribution in [3.05, 3.63) is 72.1 Å². The minimum absolute atomic E-state index is 0.0291. The van der Waals surface area contributed by atoms with Gasteiger partial charge in [0.1, 0.15) is 0 Å². The smallest absolute Gasteiger partial charge is 0.225 e. The van der Waals surface area contributed by atoms with E-state index in [-0.39, 0.29) is 11.7 Å². The molecule has 0 bridgehead atoms. The zero-order valence-electron chi connectivity index (χ0n) is 17.4. The number of hydrogen-bond donors (Lipinski definition) is 1. The van der Waals surface area contributed by atoms with Crippen molar-refractivity contribution in [3.8, 4) is 17.0 Å². The van der Waals surface area contributed by atoms with Crippen molar-refractivity contribution in [1.29, 1.82) is 0 Å². The molecule has 0 aliphatic rings. The second-order valence-corrected chi connectivity index (χ2v) is 7.45. The van der Waals surface area contributed by atoms with Gasteiger partial charge in [0, 0.05) is 18.4 Å². The van der Waals surface area contributed by atoms with Gasteiger partial charge in [-0.1, -0.05) is 87.2 Å². The molecular formula is C25H28N3O2-. The zero-order chi connectivity index (χ0) is 21.2. The van der Waals surface area contributed by atoms with Gasteiger partial charge in [-0.05, 0) is 12.0 Å². The summed E-state index contributed by atoms with van der Waals surface area (Å²) < 4.78 is 0. The van der Waals surface area contributed by atoms with Crippen molar-refractivity contribution in [3.63, 3.8) is 0 Å². The van der Waals surface area contributed by atoms with Crippen LogP contribution in [0.3, 0.4) is 0 Å². The SMILES string of the molecule is CCCCCCCC(=O)Nc1ncc(-c2ccc([O-])cc2)nc1Cc1ccccc1. The zero-order valence-corrected chi connectivity index (χ0v) is 17.4. The van der Waals surface area contributed by atoms with E-state index < -0.39 is 0 Å². The summed E-state index contributed by atoms with van der Waals surface area (Å²) in [5, 5.41) is 14.3. The second kappa shape index (κ2) is 11.1. The Balaban J connectivity index is 1.77. The number of unbranched alkanes of at least 4 members (excludes halogenated alkanes) is 4. The molecule has 0 saturated heterocycles. The van der Waals surface area contributed by atoms with Crippen molar-refractivity contribution in [2.75, 3.05) is 5.32 Å². The fraction of sp³-hybridized carbons (Fsp3) is 0.320. The maximum Gasteiger partial charge on any atom is 0.225 e. The Kier molecular flexibility index (Phi) is 7.95. The van der Waals surface area contributed by atoms with Crippen LogP contribution in [-0.4, -0.2) is 15.9 Å². The van der Waals surface area contributed by atoms with E-state index in [0.29, 0.717) is 30.0 Å². The summed E-state index contributed by atoms with van der Waals surface area (Å²) in [4.78, 5) is 21.7. The largest absolute Gasteiger partial charge is 0.872 e. The molecule has 1 aromatic heterocycles. The average molecular weight is 403 g/mol. The van der Waals surface area contributed by atoms with Crippen molar-refractivity contribution in [1.82, 2.24) is 9.97 Å². The van der Waals surface area contributed by atoms with Gasteiger partial charge in [-0.2, -0.15) is 0 Å².